The maximum atomic E-state index is 11.5. The van der Waals surface area contributed by atoms with Crippen LogP contribution >= 0.6 is 0 Å². The molecule has 1 aliphatic rings. The second-order valence-corrected chi connectivity index (χ2v) is 4.66. The Morgan fingerprint density at radius 3 is 2.58 bits per heavy atom. The molecule has 1 aliphatic heterocycles. The minimum Gasteiger partial charge on any atom is -0.348 e. The van der Waals surface area contributed by atoms with E-state index in [9.17, 15) is 9.59 Å². The first kappa shape index (κ1) is 13.3. The molecule has 100 valence electrons. The highest BCUT2D eigenvalue weighted by Crippen LogP contribution is 2.14. The van der Waals surface area contributed by atoms with Gasteiger partial charge in [0.05, 0.1) is 0 Å². The van der Waals surface area contributed by atoms with Crippen LogP contribution in [0.25, 0.3) is 0 Å². The number of benzene rings is 1. The molecule has 1 aromatic carbocycles. The Morgan fingerprint density at radius 2 is 2.00 bits per heavy atom. The standard InChI is InChI=1S/C15H18N2O2/c1-2-14(18)16-10-12-5-7-13(8-6-12)11-17-9-3-4-15(17)19/h2,5-8H,1,3-4,9-11H2,(H,16,18). The first-order valence-corrected chi connectivity index (χ1v) is 6.45. The molecule has 1 N–H and O–H groups in total. The highest BCUT2D eigenvalue weighted by atomic mass is 16.2. The molecular weight excluding hydrogens is 240 g/mol. The molecule has 0 bridgehead atoms. The minimum atomic E-state index is -0.174. The van der Waals surface area contributed by atoms with Crippen molar-refractivity contribution < 1.29 is 9.59 Å². The van der Waals surface area contributed by atoms with Crippen molar-refractivity contribution in [3.05, 3.63) is 48.0 Å². The van der Waals surface area contributed by atoms with Gasteiger partial charge in [-0.05, 0) is 23.6 Å². The third kappa shape index (κ3) is 3.68. The zero-order chi connectivity index (χ0) is 13.7. The minimum absolute atomic E-state index is 0.174. The van der Waals surface area contributed by atoms with Gasteiger partial charge < -0.3 is 10.2 Å². The summed E-state index contributed by atoms with van der Waals surface area (Å²) >= 11 is 0. The van der Waals surface area contributed by atoms with Crippen molar-refractivity contribution in [3.8, 4) is 0 Å². The lowest BCUT2D eigenvalue weighted by molar-refractivity contribution is -0.128. The van der Waals surface area contributed by atoms with E-state index in [0.717, 1.165) is 24.1 Å². The largest absolute Gasteiger partial charge is 0.348 e. The maximum Gasteiger partial charge on any atom is 0.243 e. The Labute approximate surface area is 113 Å². The molecule has 1 fully saturated rings. The number of nitrogens with one attached hydrogen (secondary N) is 1. The van der Waals surface area contributed by atoms with Crippen molar-refractivity contribution in [1.82, 2.24) is 10.2 Å². The number of hydrogen-bond acceptors (Lipinski definition) is 2. The average molecular weight is 258 g/mol. The highest BCUT2D eigenvalue weighted by molar-refractivity contribution is 5.86. The molecule has 1 heterocycles. The summed E-state index contributed by atoms with van der Waals surface area (Å²) in [6.45, 7) is 5.43. The van der Waals surface area contributed by atoms with Crippen LogP contribution in [-0.4, -0.2) is 23.3 Å². The number of nitrogens with zero attached hydrogens (tertiary/aromatic N) is 1. The molecule has 0 saturated carbocycles. The summed E-state index contributed by atoms with van der Waals surface area (Å²) < 4.78 is 0. The Kier molecular flexibility index (Phi) is 4.34. The van der Waals surface area contributed by atoms with Gasteiger partial charge in [-0.1, -0.05) is 30.8 Å². The van der Waals surface area contributed by atoms with E-state index < -0.39 is 0 Å². The summed E-state index contributed by atoms with van der Waals surface area (Å²) in [7, 11) is 0. The molecule has 4 heteroatoms. The van der Waals surface area contributed by atoms with Crippen molar-refractivity contribution in [2.75, 3.05) is 6.54 Å². The van der Waals surface area contributed by atoms with Crippen molar-refractivity contribution >= 4 is 11.8 Å². The normalized spacial score (nSPS) is 14.5. The van der Waals surface area contributed by atoms with Gasteiger partial charge in [0, 0.05) is 26.1 Å². The van der Waals surface area contributed by atoms with Gasteiger partial charge >= 0.3 is 0 Å². The number of hydrogen-bond donors (Lipinski definition) is 1. The Morgan fingerprint density at radius 1 is 1.32 bits per heavy atom. The molecule has 4 nitrogen and oxygen atoms in total. The fraction of sp³-hybridized carbons (Fsp3) is 0.333. The van der Waals surface area contributed by atoms with E-state index in [1.807, 2.05) is 29.2 Å². The molecule has 2 amide bonds. The SMILES string of the molecule is C=CC(=O)NCc1ccc(CN2CCCC2=O)cc1. The molecule has 0 radical (unpaired) electrons. The van der Waals surface area contributed by atoms with Crippen molar-refractivity contribution in [2.45, 2.75) is 25.9 Å². The molecule has 0 aromatic heterocycles. The molecule has 1 aromatic rings. The fourth-order valence-electron chi connectivity index (χ4n) is 2.12. The van der Waals surface area contributed by atoms with Gasteiger partial charge in [0.25, 0.3) is 0 Å². The van der Waals surface area contributed by atoms with Crippen molar-refractivity contribution in [3.63, 3.8) is 0 Å². The van der Waals surface area contributed by atoms with E-state index in [-0.39, 0.29) is 11.8 Å². The van der Waals surface area contributed by atoms with Gasteiger partial charge in [-0.2, -0.15) is 0 Å². The van der Waals surface area contributed by atoms with Crippen LogP contribution in [0.1, 0.15) is 24.0 Å². The summed E-state index contributed by atoms with van der Waals surface area (Å²) in [5.74, 6) is 0.0639. The molecule has 0 unspecified atom stereocenters. The van der Waals surface area contributed by atoms with Crippen LogP contribution in [0, 0.1) is 0 Å². The van der Waals surface area contributed by atoms with Crippen LogP contribution < -0.4 is 5.32 Å². The lowest BCUT2D eigenvalue weighted by Gasteiger charge is -2.15. The molecule has 0 spiro atoms. The zero-order valence-electron chi connectivity index (χ0n) is 10.9. The predicted molar refractivity (Wildman–Crippen MR) is 73.1 cm³/mol. The quantitative estimate of drug-likeness (QED) is 0.816. The third-order valence-electron chi connectivity index (χ3n) is 3.22. The molecule has 19 heavy (non-hydrogen) atoms. The predicted octanol–water partition coefficient (Wildman–Crippen LogP) is 1.61. The van der Waals surface area contributed by atoms with Gasteiger partial charge in [-0.15, -0.1) is 0 Å². The van der Waals surface area contributed by atoms with Crippen LogP contribution in [-0.2, 0) is 22.7 Å². The van der Waals surface area contributed by atoms with Crippen LogP contribution in [0.3, 0.4) is 0 Å². The number of amides is 2. The van der Waals surface area contributed by atoms with E-state index >= 15 is 0 Å². The van der Waals surface area contributed by atoms with Crippen LogP contribution in [0.15, 0.2) is 36.9 Å². The molecule has 0 atom stereocenters. The average Bonchev–Trinajstić information content (AvgIpc) is 2.83. The monoisotopic (exact) mass is 258 g/mol. The summed E-state index contributed by atoms with van der Waals surface area (Å²) in [5, 5.41) is 2.73. The highest BCUT2D eigenvalue weighted by Gasteiger charge is 2.19. The molecule has 1 saturated heterocycles. The maximum absolute atomic E-state index is 11.5. The Balaban J connectivity index is 1.89. The summed E-state index contributed by atoms with van der Waals surface area (Å²) in [6, 6.07) is 7.94. The van der Waals surface area contributed by atoms with E-state index in [1.165, 1.54) is 6.08 Å². The number of carbonyl (C=O) groups is 2. The van der Waals surface area contributed by atoms with Crippen LogP contribution in [0.5, 0.6) is 0 Å². The first-order chi connectivity index (χ1) is 9.19. The van der Waals surface area contributed by atoms with E-state index in [4.69, 9.17) is 0 Å². The van der Waals surface area contributed by atoms with E-state index in [2.05, 4.69) is 11.9 Å². The van der Waals surface area contributed by atoms with E-state index in [1.54, 1.807) is 0 Å². The van der Waals surface area contributed by atoms with Gasteiger partial charge in [0.1, 0.15) is 0 Å². The smallest absolute Gasteiger partial charge is 0.243 e. The topological polar surface area (TPSA) is 49.4 Å². The van der Waals surface area contributed by atoms with Gasteiger partial charge in [0.2, 0.25) is 11.8 Å². The molecule has 2 rings (SSSR count). The first-order valence-electron chi connectivity index (χ1n) is 6.45. The second-order valence-electron chi connectivity index (χ2n) is 4.66. The van der Waals surface area contributed by atoms with E-state index in [0.29, 0.717) is 19.5 Å². The number of likely N-dealkylation sites (tertiary alicyclic amines) is 1. The van der Waals surface area contributed by atoms with Gasteiger partial charge in [-0.3, -0.25) is 9.59 Å². The van der Waals surface area contributed by atoms with Crippen LogP contribution in [0.4, 0.5) is 0 Å². The lowest BCUT2D eigenvalue weighted by Crippen LogP contribution is -2.23. The molecular formula is C15H18N2O2. The van der Waals surface area contributed by atoms with Gasteiger partial charge in [0.15, 0.2) is 0 Å². The lowest BCUT2D eigenvalue weighted by atomic mass is 10.1. The number of rotatable bonds is 5. The fourth-order valence-corrected chi connectivity index (χ4v) is 2.12. The summed E-state index contributed by atoms with van der Waals surface area (Å²) in [6.07, 6.45) is 2.89. The Bertz CT molecular complexity index is 479. The zero-order valence-corrected chi connectivity index (χ0v) is 10.9. The number of carbonyl (C=O) groups excluding carboxylic acids is 2. The Hall–Kier alpha value is -2.10. The van der Waals surface area contributed by atoms with Crippen molar-refractivity contribution in [2.24, 2.45) is 0 Å². The van der Waals surface area contributed by atoms with Gasteiger partial charge in [-0.25, -0.2) is 0 Å². The summed E-state index contributed by atoms with van der Waals surface area (Å²) in [5.41, 5.74) is 2.15. The third-order valence-corrected chi connectivity index (χ3v) is 3.22. The van der Waals surface area contributed by atoms with Crippen LogP contribution in [0.2, 0.25) is 0 Å². The molecule has 0 aliphatic carbocycles. The second kappa shape index (κ2) is 6.18. The summed E-state index contributed by atoms with van der Waals surface area (Å²) in [4.78, 5) is 24.5. The van der Waals surface area contributed by atoms with Crippen molar-refractivity contribution in [1.29, 1.82) is 0 Å².